The Morgan fingerprint density at radius 1 is 1.08 bits per heavy atom. The quantitative estimate of drug-likeness (QED) is 0.682. The van der Waals surface area contributed by atoms with Crippen LogP contribution in [0.15, 0.2) is 41.2 Å². The van der Waals surface area contributed by atoms with E-state index in [1.807, 2.05) is 17.0 Å². The van der Waals surface area contributed by atoms with Gasteiger partial charge in [-0.15, -0.1) is 22.7 Å². The highest BCUT2D eigenvalue weighted by molar-refractivity contribution is 7.14. The van der Waals surface area contributed by atoms with E-state index in [0.29, 0.717) is 6.04 Å². The lowest BCUT2D eigenvalue weighted by atomic mass is 10.2. The molecule has 0 bridgehead atoms. The van der Waals surface area contributed by atoms with Gasteiger partial charge in [-0.1, -0.05) is 0 Å². The molecule has 4 rings (SSSR count). The van der Waals surface area contributed by atoms with Crippen LogP contribution in [0.3, 0.4) is 0 Å². The molecule has 1 aliphatic heterocycles. The lowest BCUT2D eigenvalue weighted by molar-refractivity contribution is 0.198. The topological polar surface area (TPSA) is 32.3 Å². The van der Waals surface area contributed by atoms with Crippen LogP contribution in [0, 0.1) is 5.82 Å². The first kappa shape index (κ1) is 16.6. The van der Waals surface area contributed by atoms with Crippen molar-refractivity contribution < 1.29 is 4.39 Å². The van der Waals surface area contributed by atoms with Gasteiger partial charge in [0.2, 0.25) is 0 Å². The third kappa shape index (κ3) is 3.58. The number of benzene rings is 1. The minimum atomic E-state index is -0.218. The number of hydrogen-bond donors (Lipinski definition) is 0. The Balaban J connectivity index is 1.40. The molecule has 0 spiro atoms. The maximum atomic E-state index is 13.1. The van der Waals surface area contributed by atoms with Gasteiger partial charge in [-0.3, -0.25) is 4.90 Å². The number of aromatic nitrogens is 2. The van der Waals surface area contributed by atoms with Gasteiger partial charge >= 0.3 is 0 Å². The molecule has 3 aromatic rings. The molecule has 1 fully saturated rings. The minimum absolute atomic E-state index is 0.218. The Bertz CT molecular complexity index is 808. The first-order chi connectivity index (χ1) is 12.2. The first-order valence-corrected chi connectivity index (χ1v) is 10.1. The van der Waals surface area contributed by atoms with E-state index in [9.17, 15) is 4.39 Å². The molecule has 1 unspecified atom stereocenters. The summed E-state index contributed by atoms with van der Waals surface area (Å²) < 4.78 is 13.1. The van der Waals surface area contributed by atoms with Crippen molar-refractivity contribution in [3.8, 4) is 11.3 Å². The molecule has 0 radical (unpaired) electrons. The van der Waals surface area contributed by atoms with E-state index in [-0.39, 0.29) is 5.82 Å². The van der Waals surface area contributed by atoms with Gasteiger partial charge in [-0.2, -0.15) is 0 Å². The van der Waals surface area contributed by atoms with E-state index in [0.717, 1.165) is 42.6 Å². The summed E-state index contributed by atoms with van der Waals surface area (Å²) in [6.07, 6.45) is 1.87. The number of nitrogens with zero attached hydrogens (tertiary/aromatic N) is 4. The zero-order valence-corrected chi connectivity index (χ0v) is 15.6. The molecule has 1 saturated heterocycles. The molecule has 2 aromatic heterocycles. The van der Waals surface area contributed by atoms with Crippen molar-refractivity contribution >= 4 is 27.8 Å². The number of halogens is 1. The standard InChI is InChI=1S/C18H19FN4S2/c1-13(17-20-6-11-24-17)22-7-9-23(10-8-22)18-21-16(12-25-18)14-2-4-15(19)5-3-14/h2-6,11-13H,7-10H2,1H3. The SMILES string of the molecule is CC(c1nccs1)N1CCN(c2nc(-c3ccc(F)cc3)cs2)CC1. The Morgan fingerprint density at radius 2 is 1.84 bits per heavy atom. The molecule has 0 amide bonds. The van der Waals surface area contributed by atoms with Crippen molar-refractivity contribution in [1.29, 1.82) is 0 Å². The van der Waals surface area contributed by atoms with Crippen LogP contribution in [-0.2, 0) is 0 Å². The van der Waals surface area contributed by atoms with Crippen LogP contribution in [0.2, 0.25) is 0 Å². The summed E-state index contributed by atoms with van der Waals surface area (Å²) in [5.74, 6) is -0.218. The molecule has 1 atom stereocenters. The number of thiazole rings is 2. The predicted octanol–water partition coefficient (Wildman–Crippen LogP) is 4.29. The van der Waals surface area contributed by atoms with Crippen molar-refractivity contribution in [2.45, 2.75) is 13.0 Å². The van der Waals surface area contributed by atoms with Crippen LogP contribution in [0.4, 0.5) is 9.52 Å². The largest absolute Gasteiger partial charge is 0.346 e. The molecule has 1 aliphatic rings. The maximum Gasteiger partial charge on any atom is 0.185 e. The van der Waals surface area contributed by atoms with Crippen LogP contribution in [0.1, 0.15) is 18.0 Å². The monoisotopic (exact) mass is 374 g/mol. The number of hydrogen-bond acceptors (Lipinski definition) is 6. The zero-order valence-electron chi connectivity index (χ0n) is 13.9. The molecule has 25 heavy (non-hydrogen) atoms. The van der Waals surface area contributed by atoms with Crippen molar-refractivity contribution in [2.24, 2.45) is 0 Å². The van der Waals surface area contributed by atoms with Crippen LogP contribution in [0.5, 0.6) is 0 Å². The fourth-order valence-corrected chi connectivity index (χ4v) is 4.68. The Hall–Kier alpha value is -1.83. The lowest BCUT2D eigenvalue weighted by Gasteiger charge is -2.37. The van der Waals surface area contributed by atoms with E-state index in [4.69, 9.17) is 4.98 Å². The molecule has 0 N–H and O–H groups in total. The summed E-state index contributed by atoms with van der Waals surface area (Å²) >= 11 is 3.38. The average Bonchev–Trinajstić information content (AvgIpc) is 3.34. The maximum absolute atomic E-state index is 13.1. The summed E-state index contributed by atoms with van der Waals surface area (Å²) in [6.45, 7) is 6.17. The van der Waals surface area contributed by atoms with Gasteiger partial charge in [0.05, 0.1) is 11.7 Å². The Labute approximate surface area is 154 Å². The molecular weight excluding hydrogens is 355 g/mol. The lowest BCUT2D eigenvalue weighted by Crippen LogP contribution is -2.47. The second kappa shape index (κ2) is 7.19. The second-order valence-electron chi connectivity index (χ2n) is 6.09. The highest BCUT2D eigenvalue weighted by Crippen LogP contribution is 2.30. The molecular formula is C18H19FN4S2. The van der Waals surface area contributed by atoms with Crippen molar-refractivity contribution in [3.63, 3.8) is 0 Å². The number of rotatable bonds is 4. The summed E-state index contributed by atoms with van der Waals surface area (Å²) in [5.41, 5.74) is 1.87. The smallest absolute Gasteiger partial charge is 0.185 e. The van der Waals surface area contributed by atoms with Gasteiger partial charge in [0, 0.05) is 48.7 Å². The molecule has 130 valence electrons. The fraction of sp³-hybridized carbons (Fsp3) is 0.333. The van der Waals surface area contributed by atoms with Crippen LogP contribution in [0.25, 0.3) is 11.3 Å². The van der Waals surface area contributed by atoms with Gasteiger partial charge in [0.1, 0.15) is 10.8 Å². The first-order valence-electron chi connectivity index (χ1n) is 8.30. The van der Waals surface area contributed by atoms with Gasteiger partial charge in [0.25, 0.3) is 0 Å². The van der Waals surface area contributed by atoms with E-state index < -0.39 is 0 Å². The normalized spacial score (nSPS) is 17.0. The van der Waals surface area contributed by atoms with Crippen LogP contribution >= 0.6 is 22.7 Å². The van der Waals surface area contributed by atoms with Gasteiger partial charge in [-0.05, 0) is 31.2 Å². The predicted molar refractivity (Wildman–Crippen MR) is 102 cm³/mol. The summed E-state index contributed by atoms with van der Waals surface area (Å²) in [6, 6.07) is 6.89. The van der Waals surface area contributed by atoms with Crippen molar-refractivity contribution in [1.82, 2.24) is 14.9 Å². The highest BCUT2D eigenvalue weighted by atomic mass is 32.1. The third-order valence-electron chi connectivity index (χ3n) is 4.57. The fourth-order valence-electron chi connectivity index (χ4n) is 3.06. The van der Waals surface area contributed by atoms with E-state index >= 15 is 0 Å². The van der Waals surface area contributed by atoms with Crippen molar-refractivity contribution in [3.05, 3.63) is 52.0 Å². The summed E-state index contributed by atoms with van der Waals surface area (Å²) in [4.78, 5) is 14.0. The van der Waals surface area contributed by atoms with Gasteiger partial charge in [0.15, 0.2) is 5.13 Å². The third-order valence-corrected chi connectivity index (χ3v) is 6.42. The Kier molecular flexibility index (Phi) is 4.78. The van der Waals surface area contributed by atoms with Gasteiger partial charge in [-0.25, -0.2) is 14.4 Å². The van der Waals surface area contributed by atoms with E-state index in [2.05, 4.69) is 21.7 Å². The zero-order chi connectivity index (χ0) is 17.2. The van der Waals surface area contributed by atoms with Gasteiger partial charge < -0.3 is 4.90 Å². The second-order valence-corrected chi connectivity index (χ2v) is 7.85. The minimum Gasteiger partial charge on any atom is -0.346 e. The van der Waals surface area contributed by atoms with Crippen LogP contribution in [-0.4, -0.2) is 41.0 Å². The molecule has 4 nitrogen and oxygen atoms in total. The van der Waals surface area contributed by atoms with Crippen molar-refractivity contribution in [2.75, 3.05) is 31.1 Å². The molecule has 3 heterocycles. The highest BCUT2D eigenvalue weighted by Gasteiger charge is 2.24. The number of piperazine rings is 1. The van der Waals surface area contributed by atoms with E-state index in [1.54, 1.807) is 34.8 Å². The molecule has 1 aromatic carbocycles. The summed E-state index contributed by atoms with van der Waals surface area (Å²) in [5, 5.41) is 6.31. The molecule has 0 saturated carbocycles. The summed E-state index contributed by atoms with van der Waals surface area (Å²) in [7, 11) is 0. The van der Waals surface area contributed by atoms with Crippen LogP contribution < -0.4 is 4.90 Å². The molecule has 0 aliphatic carbocycles. The Morgan fingerprint density at radius 3 is 2.52 bits per heavy atom. The molecule has 7 heteroatoms. The van der Waals surface area contributed by atoms with E-state index in [1.165, 1.54) is 17.1 Å². The average molecular weight is 375 g/mol. The number of anilines is 1.